The van der Waals surface area contributed by atoms with E-state index in [-0.39, 0.29) is 30.2 Å². The van der Waals surface area contributed by atoms with E-state index in [1.807, 2.05) is 24.8 Å². The zero-order valence-electron chi connectivity index (χ0n) is 20.4. The summed E-state index contributed by atoms with van der Waals surface area (Å²) < 4.78 is 0. The average molecular weight is 455 g/mol. The van der Waals surface area contributed by atoms with Gasteiger partial charge in [-0.1, -0.05) is 25.7 Å². The van der Waals surface area contributed by atoms with Crippen molar-refractivity contribution >= 4 is 11.8 Å². The molecule has 1 aromatic rings. The maximum Gasteiger partial charge on any atom is 0.270 e. The Balaban J connectivity index is 1.43. The zero-order valence-corrected chi connectivity index (χ0v) is 20.4. The minimum Gasteiger partial charge on any atom is -0.389 e. The molecule has 33 heavy (non-hydrogen) atoms. The SMILES string of the molecule is CC(C)C#Cc1ccc(C(=O)NC2CCN(C(=O)CC3(O)CCN(C(C)C)CC3)CC2)nc1. The zero-order chi connectivity index (χ0) is 24.0. The molecule has 0 aliphatic carbocycles. The van der Waals surface area contributed by atoms with Gasteiger partial charge in [0.05, 0.1) is 12.0 Å². The number of amides is 2. The number of nitrogens with zero attached hydrogens (tertiary/aromatic N) is 3. The van der Waals surface area contributed by atoms with Crippen LogP contribution in [0.3, 0.4) is 0 Å². The van der Waals surface area contributed by atoms with Crippen LogP contribution in [0.25, 0.3) is 0 Å². The molecular weight excluding hydrogens is 416 g/mol. The van der Waals surface area contributed by atoms with E-state index in [0.717, 1.165) is 18.7 Å². The summed E-state index contributed by atoms with van der Waals surface area (Å²) in [6.45, 7) is 11.2. The highest BCUT2D eigenvalue weighted by molar-refractivity contribution is 5.92. The summed E-state index contributed by atoms with van der Waals surface area (Å²) in [6.07, 6.45) is 4.49. The third-order valence-electron chi connectivity index (χ3n) is 6.62. The van der Waals surface area contributed by atoms with E-state index in [2.05, 4.69) is 40.9 Å². The normalized spacial score (nSPS) is 19.3. The smallest absolute Gasteiger partial charge is 0.270 e. The van der Waals surface area contributed by atoms with Gasteiger partial charge in [-0.05, 0) is 51.7 Å². The van der Waals surface area contributed by atoms with Crippen molar-refractivity contribution in [3.05, 3.63) is 29.6 Å². The topological polar surface area (TPSA) is 85.8 Å². The molecule has 0 bridgehead atoms. The van der Waals surface area contributed by atoms with Crippen LogP contribution in [0.4, 0.5) is 0 Å². The van der Waals surface area contributed by atoms with Gasteiger partial charge in [0.15, 0.2) is 0 Å². The first-order valence-corrected chi connectivity index (χ1v) is 12.2. The molecule has 2 amide bonds. The predicted molar refractivity (Wildman–Crippen MR) is 129 cm³/mol. The van der Waals surface area contributed by atoms with Crippen molar-refractivity contribution in [3.63, 3.8) is 0 Å². The minimum atomic E-state index is -0.898. The van der Waals surface area contributed by atoms with Gasteiger partial charge in [0.1, 0.15) is 5.69 Å². The summed E-state index contributed by atoms with van der Waals surface area (Å²) in [5.74, 6) is 6.23. The molecule has 7 nitrogen and oxygen atoms in total. The monoisotopic (exact) mass is 454 g/mol. The Bertz CT molecular complexity index is 869. The first kappa shape index (κ1) is 25.2. The van der Waals surface area contributed by atoms with Crippen LogP contribution in [-0.2, 0) is 4.79 Å². The van der Waals surface area contributed by atoms with Crippen molar-refractivity contribution < 1.29 is 14.7 Å². The fourth-order valence-corrected chi connectivity index (χ4v) is 4.39. The Hall–Kier alpha value is -2.43. The van der Waals surface area contributed by atoms with Gasteiger partial charge in [0.25, 0.3) is 5.91 Å². The molecule has 2 N–H and O–H groups in total. The first-order chi connectivity index (χ1) is 15.6. The van der Waals surface area contributed by atoms with E-state index in [9.17, 15) is 14.7 Å². The molecule has 2 aliphatic heterocycles. The van der Waals surface area contributed by atoms with E-state index >= 15 is 0 Å². The largest absolute Gasteiger partial charge is 0.389 e. The second kappa shape index (κ2) is 11.1. The van der Waals surface area contributed by atoms with Gasteiger partial charge in [-0.3, -0.25) is 9.59 Å². The Morgan fingerprint density at radius 2 is 1.82 bits per heavy atom. The number of aromatic nitrogens is 1. The molecule has 1 aromatic heterocycles. The molecule has 2 saturated heterocycles. The molecule has 0 saturated carbocycles. The Labute approximate surface area is 197 Å². The number of carbonyl (C=O) groups is 2. The maximum absolute atomic E-state index is 12.8. The lowest BCUT2D eigenvalue weighted by molar-refractivity contribution is -0.139. The molecule has 0 radical (unpaired) electrons. The number of pyridine rings is 1. The first-order valence-electron chi connectivity index (χ1n) is 12.2. The van der Waals surface area contributed by atoms with Crippen LogP contribution in [-0.4, -0.2) is 75.6 Å². The molecule has 3 heterocycles. The Morgan fingerprint density at radius 1 is 1.15 bits per heavy atom. The van der Waals surface area contributed by atoms with Crippen LogP contribution >= 0.6 is 0 Å². The van der Waals surface area contributed by atoms with Crippen LogP contribution < -0.4 is 5.32 Å². The highest BCUT2D eigenvalue weighted by Gasteiger charge is 2.37. The highest BCUT2D eigenvalue weighted by Crippen LogP contribution is 2.28. The summed E-state index contributed by atoms with van der Waals surface area (Å²) in [7, 11) is 0. The average Bonchev–Trinajstić information content (AvgIpc) is 2.78. The van der Waals surface area contributed by atoms with Crippen LogP contribution in [0, 0.1) is 17.8 Å². The number of hydrogen-bond acceptors (Lipinski definition) is 5. The molecule has 0 aromatic carbocycles. The van der Waals surface area contributed by atoms with Crippen LogP contribution in [0.1, 0.15) is 75.9 Å². The molecular formula is C26H38N4O3. The number of nitrogens with one attached hydrogen (secondary N) is 1. The lowest BCUT2D eigenvalue weighted by Gasteiger charge is -2.41. The van der Waals surface area contributed by atoms with Crippen LogP contribution in [0.15, 0.2) is 18.3 Å². The van der Waals surface area contributed by atoms with Crippen LogP contribution in [0.2, 0.25) is 0 Å². The summed E-state index contributed by atoms with van der Waals surface area (Å²) in [5, 5.41) is 13.9. The van der Waals surface area contributed by atoms with E-state index < -0.39 is 5.60 Å². The molecule has 3 rings (SSSR count). The minimum absolute atomic E-state index is 0.0139. The van der Waals surface area contributed by atoms with Gasteiger partial charge in [0, 0.05) is 55.9 Å². The van der Waals surface area contributed by atoms with Gasteiger partial charge in [-0.25, -0.2) is 4.98 Å². The van der Waals surface area contributed by atoms with Crippen molar-refractivity contribution in [2.45, 2.75) is 77.5 Å². The van der Waals surface area contributed by atoms with Gasteiger partial charge in [-0.15, -0.1) is 0 Å². The number of carbonyl (C=O) groups excluding carboxylic acids is 2. The molecule has 0 atom stereocenters. The van der Waals surface area contributed by atoms with Gasteiger partial charge >= 0.3 is 0 Å². The molecule has 0 unspecified atom stereocenters. The fourth-order valence-electron chi connectivity index (χ4n) is 4.39. The molecule has 2 aliphatic rings. The van der Waals surface area contributed by atoms with Crippen molar-refractivity contribution in [2.75, 3.05) is 26.2 Å². The number of rotatable bonds is 5. The van der Waals surface area contributed by atoms with E-state index in [1.54, 1.807) is 12.3 Å². The Kier molecular flexibility index (Phi) is 8.50. The third-order valence-corrected chi connectivity index (χ3v) is 6.62. The summed E-state index contributed by atoms with van der Waals surface area (Å²) in [5.41, 5.74) is 0.271. The van der Waals surface area contributed by atoms with E-state index in [1.165, 1.54) is 0 Å². The molecule has 0 spiro atoms. The van der Waals surface area contributed by atoms with Gasteiger partial charge < -0.3 is 20.2 Å². The van der Waals surface area contributed by atoms with Gasteiger partial charge in [-0.2, -0.15) is 0 Å². The van der Waals surface area contributed by atoms with Crippen molar-refractivity contribution in [2.24, 2.45) is 5.92 Å². The molecule has 2 fully saturated rings. The second-order valence-electron chi connectivity index (χ2n) is 10.0. The number of likely N-dealkylation sites (tertiary alicyclic amines) is 2. The number of aliphatic hydroxyl groups is 1. The Morgan fingerprint density at radius 3 is 2.36 bits per heavy atom. The second-order valence-corrected chi connectivity index (χ2v) is 10.0. The number of hydrogen-bond donors (Lipinski definition) is 2. The molecule has 180 valence electrons. The van der Waals surface area contributed by atoms with E-state index in [0.29, 0.717) is 50.5 Å². The van der Waals surface area contributed by atoms with Gasteiger partial charge in [0.2, 0.25) is 5.91 Å². The predicted octanol–water partition coefficient (Wildman–Crippen LogP) is 2.44. The highest BCUT2D eigenvalue weighted by atomic mass is 16.3. The molecule has 7 heteroatoms. The number of piperidine rings is 2. The summed E-state index contributed by atoms with van der Waals surface area (Å²) in [4.78, 5) is 33.8. The van der Waals surface area contributed by atoms with Crippen molar-refractivity contribution in [1.29, 1.82) is 0 Å². The summed E-state index contributed by atoms with van der Waals surface area (Å²) in [6, 6.07) is 3.99. The van der Waals surface area contributed by atoms with E-state index in [4.69, 9.17) is 0 Å². The standard InChI is InChI=1S/C26H38N4O3/c1-19(2)5-6-21-7-8-23(27-18-21)25(32)28-22-9-13-30(14-10-22)24(31)17-26(33)11-15-29(16-12-26)20(3)4/h7-8,18-20,22,33H,9-17H2,1-4H3,(H,28,32). The lowest BCUT2D eigenvalue weighted by atomic mass is 9.87. The lowest BCUT2D eigenvalue weighted by Crippen LogP contribution is -2.51. The van der Waals surface area contributed by atoms with Crippen molar-refractivity contribution in [3.8, 4) is 11.8 Å². The quantitative estimate of drug-likeness (QED) is 0.668. The van der Waals surface area contributed by atoms with Crippen molar-refractivity contribution in [1.82, 2.24) is 20.1 Å². The van der Waals surface area contributed by atoms with Crippen LogP contribution in [0.5, 0.6) is 0 Å². The summed E-state index contributed by atoms with van der Waals surface area (Å²) >= 11 is 0. The fraction of sp³-hybridized carbons (Fsp3) is 0.654. The third kappa shape index (κ3) is 7.28. The maximum atomic E-state index is 12.8.